The number of fused-ring (bicyclic) bond motifs is 1. The number of rotatable bonds is 5. The van der Waals surface area contributed by atoms with Crippen molar-refractivity contribution in [1.82, 2.24) is 9.38 Å². The Morgan fingerprint density at radius 2 is 2.04 bits per heavy atom. The minimum Gasteiger partial charge on any atom is -0.478 e. The fraction of sp³-hybridized carbons (Fsp3) is 0.167. The lowest BCUT2D eigenvalue weighted by Crippen LogP contribution is -2.04. The highest BCUT2D eigenvalue weighted by Gasteiger charge is 2.16. The lowest BCUT2D eigenvalue weighted by molar-refractivity contribution is -0.139. The number of benzene rings is 1. The zero-order valence-electron chi connectivity index (χ0n) is 14.2. The highest BCUT2D eigenvalue weighted by Crippen LogP contribution is 2.26. The summed E-state index contributed by atoms with van der Waals surface area (Å²) in [6.45, 7) is 1.90. The van der Waals surface area contributed by atoms with Gasteiger partial charge in [0.25, 0.3) is 0 Å². The topological polar surface area (TPSA) is 106 Å². The van der Waals surface area contributed by atoms with Gasteiger partial charge in [0.15, 0.2) is 5.82 Å². The molecule has 0 saturated heterocycles. The van der Waals surface area contributed by atoms with Crippen LogP contribution in [-0.2, 0) is 16.0 Å². The van der Waals surface area contributed by atoms with Crippen molar-refractivity contribution in [3.63, 3.8) is 0 Å². The Morgan fingerprint density at radius 1 is 1.23 bits per heavy atom. The van der Waals surface area contributed by atoms with E-state index >= 15 is 0 Å². The number of carboxylic acids is 1. The van der Waals surface area contributed by atoms with Crippen LogP contribution in [-0.4, -0.2) is 33.5 Å². The molecule has 3 aromatic rings. The van der Waals surface area contributed by atoms with Gasteiger partial charge in [0.1, 0.15) is 5.65 Å². The van der Waals surface area contributed by atoms with Gasteiger partial charge in [-0.05, 0) is 36.8 Å². The first-order valence-electron chi connectivity index (χ1n) is 7.78. The molecule has 0 aliphatic carbocycles. The van der Waals surface area contributed by atoms with Crippen LogP contribution < -0.4 is 0 Å². The molecule has 0 bridgehead atoms. The number of carbonyl (C=O) groups is 2. The second-order valence-electron chi connectivity index (χ2n) is 5.58. The maximum atomic E-state index is 11.7. The van der Waals surface area contributed by atoms with E-state index in [0.29, 0.717) is 22.8 Å². The molecule has 0 spiro atoms. The van der Waals surface area contributed by atoms with Crippen molar-refractivity contribution in [2.24, 2.45) is 10.2 Å². The van der Waals surface area contributed by atoms with Crippen molar-refractivity contribution >= 4 is 29.1 Å². The summed E-state index contributed by atoms with van der Waals surface area (Å²) in [4.78, 5) is 27.2. The number of methoxy groups -OCH3 is 1. The van der Waals surface area contributed by atoms with Crippen LogP contribution in [0.25, 0.3) is 5.65 Å². The Balaban J connectivity index is 2.06. The van der Waals surface area contributed by atoms with Crippen LogP contribution in [0.1, 0.15) is 21.6 Å². The van der Waals surface area contributed by atoms with Gasteiger partial charge in [0.2, 0.25) is 0 Å². The number of hydrogen-bond acceptors (Lipinski definition) is 6. The number of carbonyl (C=O) groups excluding carboxylic acids is 1. The van der Waals surface area contributed by atoms with Gasteiger partial charge >= 0.3 is 11.9 Å². The second kappa shape index (κ2) is 7.14. The van der Waals surface area contributed by atoms with E-state index in [9.17, 15) is 9.59 Å². The Morgan fingerprint density at radius 3 is 2.77 bits per heavy atom. The van der Waals surface area contributed by atoms with E-state index in [-0.39, 0.29) is 12.0 Å². The van der Waals surface area contributed by atoms with Crippen molar-refractivity contribution in [2.75, 3.05) is 7.11 Å². The number of azo groups is 1. The number of ether oxygens (including phenoxy) is 1. The quantitative estimate of drug-likeness (QED) is 0.559. The lowest BCUT2D eigenvalue weighted by Gasteiger charge is -2.00. The summed E-state index contributed by atoms with van der Waals surface area (Å²) in [5.41, 5.74) is 2.53. The molecule has 0 fully saturated rings. The van der Waals surface area contributed by atoms with Crippen LogP contribution in [0.4, 0.5) is 11.5 Å². The highest BCUT2D eigenvalue weighted by atomic mass is 16.5. The Labute approximate surface area is 148 Å². The van der Waals surface area contributed by atoms with Gasteiger partial charge < -0.3 is 9.84 Å². The minimum atomic E-state index is -1.04. The summed E-state index contributed by atoms with van der Waals surface area (Å²) >= 11 is 0. The molecule has 3 rings (SSSR count). The molecule has 1 N–H and O–H groups in total. The Hall–Kier alpha value is -3.55. The van der Waals surface area contributed by atoms with Crippen molar-refractivity contribution in [2.45, 2.75) is 13.3 Å². The first kappa shape index (κ1) is 17.3. The van der Waals surface area contributed by atoms with Gasteiger partial charge in [-0.15, -0.1) is 10.2 Å². The largest absolute Gasteiger partial charge is 0.478 e. The summed E-state index contributed by atoms with van der Waals surface area (Å²) in [6.07, 6.45) is 1.74. The number of esters is 1. The standard InChI is InChI=1S/C18H16N4O4/c1-11-5-4-8-22-16(11)19-14(10-15(23)26-2)17(22)21-20-13-7-3-6-12(9-13)18(24)25/h3-9H,10H2,1-2H3,(H,24,25). The fourth-order valence-corrected chi connectivity index (χ4v) is 2.48. The molecule has 8 nitrogen and oxygen atoms in total. The summed E-state index contributed by atoms with van der Waals surface area (Å²) in [6, 6.07) is 9.87. The van der Waals surface area contributed by atoms with Crippen LogP contribution in [0.15, 0.2) is 52.8 Å². The molecule has 0 saturated carbocycles. The van der Waals surface area contributed by atoms with E-state index in [1.807, 2.05) is 19.1 Å². The van der Waals surface area contributed by atoms with E-state index in [4.69, 9.17) is 9.84 Å². The maximum absolute atomic E-state index is 11.7. The normalized spacial score (nSPS) is 11.2. The van der Waals surface area contributed by atoms with E-state index in [1.54, 1.807) is 22.7 Å². The highest BCUT2D eigenvalue weighted by molar-refractivity contribution is 5.88. The van der Waals surface area contributed by atoms with Crippen LogP contribution in [0, 0.1) is 6.92 Å². The number of carboxylic acid groups (broad SMARTS) is 1. The number of aryl methyl sites for hydroxylation is 1. The van der Waals surface area contributed by atoms with Gasteiger partial charge in [0.05, 0.1) is 30.5 Å². The fourth-order valence-electron chi connectivity index (χ4n) is 2.48. The lowest BCUT2D eigenvalue weighted by atomic mass is 10.2. The van der Waals surface area contributed by atoms with Gasteiger partial charge in [-0.1, -0.05) is 12.1 Å². The minimum absolute atomic E-state index is 0.0405. The number of hydrogen-bond donors (Lipinski definition) is 1. The molecule has 0 unspecified atom stereocenters. The SMILES string of the molecule is COC(=O)Cc1nc2c(C)cccn2c1N=Nc1cccc(C(=O)O)c1. The zero-order valence-corrected chi connectivity index (χ0v) is 14.2. The summed E-state index contributed by atoms with van der Waals surface area (Å²) in [7, 11) is 1.31. The van der Waals surface area contributed by atoms with Gasteiger partial charge in [0, 0.05) is 6.20 Å². The van der Waals surface area contributed by atoms with Crippen LogP contribution in [0.3, 0.4) is 0 Å². The number of aromatic carboxylic acids is 1. The summed E-state index contributed by atoms with van der Waals surface area (Å²) in [5, 5.41) is 17.4. The Bertz CT molecular complexity index is 1020. The zero-order chi connectivity index (χ0) is 18.7. The molecule has 0 radical (unpaired) electrons. The molecule has 0 atom stereocenters. The molecule has 26 heavy (non-hydrogen) atoms. The van der Waals surface area contributed by atoms with Crippen LogP contribution >= 0.6 is 0 Å². The summed E-state index contributed by atoms with van der Waals surface area (Å²) < 4.78 is 6.45. The van der Waals surface area contributed by atoms with Crippen molar-refractivity contribution in [1.29, 1.82) is 0 Å². The number of pyridine rings is 1. The monoisotopic (exact) mass is 352 g/mol. The van der Waals surface area contributed by atoms with Crippen molar-refractivity contribution < 1.29 is 19.4 Å². The van der Waals surface area contributed by atoms with Gasteiger partial charge in [-0.25, -0.2) is 9.78 Å². The van der Waals surface area contributed by atoms with Crippen LogP contribution in [0.2, 0.25) is 0 Å². The van der Waals surface area contributed by atoms with E-state index in [0.717, 1.165) is 5.56 Å². The molecule has 1 aromatic carbocycles. The molecule has 8 heteroatoms. The summed E-state index contributed by atoms with van der Waals surface area (Å²) in [5.74, 6) is -1.08. The third kappa shape index (κ3) is 3.44. The van der Waals surface area contributed by atoms with Gasteiger partial charge in [-0.2, -0.15) is 0 Å². The molecule has 2 aromatic heterocycles. The molecule has 0 aliphatic rings. The Kier molecular flexibility index (Phi) is 4.74. The van der Waals surface area contributed by atoms with Crippen LogP contribution in [0.5, 0.6) is 0 Å². The second-order valence-corrected chi connectivity index (χ2v) is 5.58. The molecule has 0 aliphatic heterocycles. The first-order valence-corrected chi connectivity index (χ1v) is 7.78. The van der Waals surface area contributed by atoms with E-state index in [1.165, 1.54) is 19.2 Å². The first-order chi connectivity index (χ1) is 12.5. The average Bonchev–Trinajstić information content (AvgIpc) is 2.98. The maximum Gasteiger partial charge on any atom is 0.335 e. The smallest absolute Gasteiger partial charge is 0.335 e. The van der Waals surface area contributed by atoms with E-state index in [2.05, 4.69) is 15.2 Å². The predicted octanol–water partition coefficient (Wildman–Crippen LogP) is 3.47. The van der Waals surface area contributed by atoms with Crippen molar-refractivity contribution in [3.8, 4) is 0 Å². The number of imidazole rings is 1. The van der Waals surface area contributed by atoms with E-state index < -0.39 is 11.9 Å². The molecule has 132 valence electrons. The van der Waals surface area contributed by atoms with Gasteiger partial charge in [-0.3, -0.25) is 9.20 Å². The third-order valence-electron chi connectivity index (χ3n) is 3.78. The molecular weight excluding hydrogens is 336 g/mol. The average molecular weight is 352 g/mol. The molecular formula is C18H16N4O4. The molecule has 2 heterocycles. The number of aromatic nitrogens is 2. The predicted molar refractivity (Wildman–Crippen MR) is 93.2 cm³/mol. The third-order valence-corrected chi connectivity index (χ3v) is 3.78. The number of nitrogens with zero attached hydrogens (tertiary/aromatic N) is 4. The molecule has 0 amide bonds. The van der Waals surface area contributed by atoms with Crippen molar-refractivity contribution in [3.05, 3.63) is 59.4 Å².